The van der Waals surface area contributed by atoms with Crippen LogP contribution in [0.5, 0.6) is 0 Å². The van der Waals surface area contributed by atoms with E-state index in [1.807, 2.05) is 0 Å². The maximum atomic E-state index is 12.3. The third-order valence-corrected chi connectivity index (χ3v) is 5.22. The Morgan fingerprint density at radius 3 is 2.47 bits per heavy atom. The second-order valence-electron chi connectivity index (χ2n) is 5.25. The van der Waals surface area contributed by atoms with Gasteiger partial charge in [-0.2, -0.15) is 0 Å². The van der Waals surface area contributed by atoms with Gasteiger partial charge in [-0.25, -0.2) is 13.1 Å². The molecular formula is C13H22N2O3S. The third-order valence-electron chi connectivity index (χ3n) is 3.73. The molecule has 0 aliphatic heterocycles. The van der Waals surface area contributed by atoms with Crippen molar-refractivity contribution in [1.82, 2.24) is 9.29 Å². The average Bonchev–Trinajstić information content (AvgIpc) is 2.58. The van der Waals surface area contributed by atoms with E-state index in [1.54, 1.807) is 17.8 Å². The van der Waals surface area contributed by atoms with Crippen LogP contribution in [0.25, 0.3) is 0 Å². The molecule has 19 heavy (non-hydrogen) atoms. The lowest BCUT2D eigenvalue weighted by molar-refractivity contribution is 0.272. The Morgan fingerprint density at radius 1 is 1.32 bits per heavy atom. The Labute approximate surface area is 114 Å². The van der Waals surface area contributed by atoms with Crippen molar-refractivity contribution in [3.8, 4) is 0 Å². The molecule has 1 saturated carbocycles. The van der Waals surface area contributed by atoms with Crippen molar-refractivity contribution in [2.45, 2.75) is 56.1 Å². The zero-order valence-electron chi connectivity index (χ0n) is 11.3. The molecule has 6 heteroatoms. The number of rotatable bonds is 4. The maximum absolute atomic E-state index is 12.3. The topological polar surface area (TPSA) is 71.3 Å². The molecule has 2 rings (SSSR count). The van der Waals surface area contributed by atoms with Crippen LogP contribution in [-0.4, -0.2) is 24.1 Å². The molecule has 1 aromatic heterocycles. The minimum absolute atomic E-state index is 0.0466. The normalized spacial score (nSPS) is 18.4. The molecule has 0 amide bonds. The lowest BCUT2D eigenvalue weighted by Crippen LogP contribution is -2.34. The number of aryl methyl sites for hydroxylation is 1. The van der Waals surface area contributed by atoms with E-state index in [-0.39, 0.29) is 17.5 Å². The first-order valence-electron chi connectivity index (χ1n) is 6.81. The lowest BCUT2D eigenvalue weighted by atomic mass is 10.1. The number of nitrogens with zero attached hydrogens (tertiary/aromatic N) is 1. The molecule has 108 valence electrons. The summed E-state index contributed by atoms with van der Waals surface area (Å²) in [5.41, 5.74) is 0.598. The second kappa shape index (κ2) is 6.07. The van der Waals surface area contributed by atoms with E-state index in [0.29, 0.717) is 5.69 Å². The Bertz CT molecular complexity index is 514. The van der Waals surface area contributed by atoms with Crippen molar-refractivity contribution in [3.63, 3.8) is 0 Å². The molecular weight excluding hydrogens is 264 g/mol. The molecule has 1 fully saturated rings. The minimum atomic E-state index is -3.47. The smallest absolute Gasteiger partial charge is 0.242 e. The number of aliphatic hydroxyl groups excluding tert-OH is 1. The highest BCUT2D eigenvalue weighted by Gasteiger charge is 2.22. The largest absolute Gasteiger partial charge is 0.390 e. The molecule has 1 aromatic rings. The van der Waals surface area contributed by atoms with E-state index >= 15 is 0 Å². The fourth-order valence-corrected chi connectivity index (χ4v) is 3.96. The van der Waals surface area contributed by atoms with E-state index in [9.17, 15) is 8.42 Å². The predicted octanol–water partition coefficient (Wildman–Crippen LogP) is 1.52. The first-order valence-corrected chi connectivity index (χ1v) is 8.29. The quantitative estimate of drug-likeness (QED) is 0.824. The molecule has 1 heterocycles. The van der Waals surface area contributed by atoms with Crippen molar-refractivity contribution in [2.75, 3.05) is 0 Å². The molecule has 1 aliphatic carbocycles. The Morgan fingerprint density at radius 2 is 1.95 bits per heavy atom. The maximum Gasteiger partial charge on any atom is 0.242 e. The Balaban J connectivity index is 2.12. The fourth-order valence-electron chi connectivity index (χ4n) is 2.57. The molecule has 5 nitrogen and oxygen atoms in total. The van der Waals surface area contributed by atoms with Crippen molar-refractivity contribution in [2.24, 2.45) is 7.05 Å². The van der Waals surface area contributed by atoms with Crippen LogP contribution in [0.1, 0.15) is 44.2 Å². The monoisotopic (exact) mass is 286 g/mol. The van der Waals surface area contributed by atoms with Crippen LogP contribution in [-0.2, 0) is 23.7 Å². The predicted molar refractivity (Wildman–Crippen MR) is 73.1 cm³/mol. The minimum Gasteiger partial charge on any atom is -0.390 e. The van der Waals surface area contributed by atoms with Gasteiger partial charge >= 0.3 is 0 Å². The highest BCUT2D eigenvalue weighted by molar-refractivity contribution is 7.89. The number of nitrogens with one attached hydrogen (secondary N) is 1. The number of hydrogen-bond donors (Lipinski definition) is 2. The van der Waals surface area contributed by atoms with Gasteiger partial charge in [0.15, 0.2) is 0 Å². The fraction of sp³-hybridized carbons (Fsp3) is 0.692. The number of aromatic nitrogens is 1. The second-order valence-corrected chi connectivity index (χ2v) is 6.96. The number of aliphatic hydroxyl groups is 1. The van der Waals surface area contributed by atoms with Gasteiger partial charge in [0, 0.05) is 25.0 Å². The average molecular weight is 286 g/mol. The van der Waals surface area contributed by atoms with Gasteiger partial charge in [-0.1, -0.05) is 25.7 Å². The van der Waals surface area contributed by atoms with Crippen molar-refractivity contribution in [3.05, 3.63) is 18.0 Å². The van der Waals surface area contributed by atoms with Crippen molar-refractivity contribution < 1.29 is 13.5 Å². The van der Waals surface area contributed by atoms with Crippen LogP contribution in [0.3, 0.4) is 0 Å². The zero-order valence-corrected chi connectivity index (χ0v) is 12.1. The van der Waals surface area contributed by atoms with Gasteiger partial charge in [0.25, 0.3) is 0 Å². The van der Waals surface area contributed by atoms with E-state index in [4.69, 9.17) is 5.11 Å². The van der Waals surface area contributed by atoms with Gasteiger partial charge in [-0.05, 0) is 18.9 Å². The first kappa shape index (κ1) is 14.6. The van der Waals surface area contributed by atoms with Crippen molar-refractivity contribution >= 4 is 10.0 Å². The molecule has 0 atom stereocenters. The van der Waals surface area contributed by atoms with Gasteiger partial charge in [-0.3, -0.25) is 0 Å². The van der Waals surface area contributed by atoms with Gasteiger partial charge in [0.1, 0.15) is 0 Å². The molecule has 0 spiro atoms. The van der Waals surface area contributed by atoms with Crippen LogP contribution in [0.15, 0.2) is 17.2 Å². The highest BCUT2D eigenvalue weighted by atomic mass is 32.2. The molecule has 0 bridgehead atoms. The summed E-state index contributed by atoms with van der Waals surface area (Å²) in [6.45, 7) is -0.157. The van der Waals surface area contributed by atoms with Crippen LogP contribution < -0.4 is 4.72 Å². The summed E-state index contributed by atoms with van der Waals surface area (Å²) < 4.78 is 29.0. The van der Waals surface area contributed by atoms with Crippen LogP contribution in [0, 0.1) is 0 Å². The number of sulfonamides is 1. The molecule has 0 radical (unpaired) electrons. The molecule has 1 aliphatic rings. The third kappa shape index (κ3) is 3.58. The van der Waals surface area contributed by atoms with Crippen LogP contribution in [0.4, 0.5) is 0 Å². The standard InChI is InChI=1S/C13H22N2O3S/c1-15-9-13(8-12(15)10-16)19(17,18)14-11-6-4-2-3-5-7-11/h8-9,11,14,16H,2-7,10H2,1H3. The van der Waals surface area contributed by atoms with E-state index in [1.165, 1.54) is 18.9 Å². The summed E-state index contributed by atoms with van der Waals surface area (Å²) in [5, 5.41) is 9.12. The summed E-state index contributed by atoms with van der Waals surface area (Å²) in [6, 6.07) is 1.57. The summed E-state index contributed by atoms with van der Waals surface area (Å²) in [4.78, 5) is 0.239. The Hall–Kier alpha value is -0.850. The first-order chi connectivity index (χ1) is 9.03. The van der Waals surface area contributed by atoms with Gasteiger partial charge in [0.05, 0.1) is 11.5 Å². The van der Waals surface area contributed by atoms with Gasteiger partial charge < -0.3 is 9.67 Å². The summed E-state index contributed by atoms with van der Waals surface area (Å²) in [6.07, 6.45) is 7.94. The summed E-state index contributed by atoms with van der Waals surface area (Å²) >= 11 is 0. The van der Waals surface area contributed by atoms with E-state index in [2.05, 4.69) is 4.72 Å². The van der Waals surface area contributed by atoms with Gasteiger partial charge in [-0.15, -0.1) is 0 Å². The van der Waals surface area contributed by atoms with Crippen molar-refractivity contribution in [1.29, 1.82) is 0 Å². The number of hydrogen-bond acceptors (Lipinski definition) is 3. The SMILES string of the molecule is Cn1cc(S(=O)(=O)NC2CCCCCC2)cc1CO. The van der Waals surface area contributed by atoms with E-state index < -0.39 is 10.0 Å². The molecule has 0 aromatic carbocycles. The lowest BCUT2D eigenvalue weighted by Gasteiger charge is -2.15. The van der Waals surface area contributed by atoms with Gasteiger partial charge in [0.2, 0.25) is 10.0 Å². The molecule has 0 unspecified atom stereocenters. The van der Waals surface area contributed by atoms with Crippen LogP contribution >= 0.6 is 0 Å². The van der Waals surface area contributed by atoms with E-state index in [0.717, 1.165) is 25.7 Å². The molecule has 0 saturated heterocycles. The zero-order chi connectivity index (χ0) is 13.9. The molecule has 2 N–H and O–H groups in total. The highest BCUT2D eigenvalue weighted by Crippen LogP contribution is 2.20. The summed E-state index contributed by atoms with van der Waals surface area (Å²) in [5.74, 6) is 0. The summed E-state index contributed by atoms with van der Waals surface area (Å²) in [7, 11) is -1.74. The Kier molecular flexibility index (Phi) is 4.65. The van der Waals surface area contributed by atoms with Crippen LogP contribution in [0.2, 0.25) is 0 Å².